The van der Waals surface area contributed by atoms with Crippen LogP contribution in [0.3, 0.4) is 0 Å². The number of hydrogen-bond donors (Lipinski definition) is 3. The first kappa shape index (κ1) is 25.5. The van der Waals surface area contributed by atoms with Crippen molar-refractivity contribution in [3.05, 3.63) is 23.9 Å². The molecule has 1 amide bonds. The maximum Gasteiger partial charge on any atom is 0.222 e. The van der Waals surface area contributed by atoms with Crippen LogP contribution in [0.1, 0.15) is 57.9 Å². The van der Waals surface area contributed by atoms with Gasteiger partial charge in [-0.1, -0.05) is 32.3 Å². The van der Waals surface area contributed by atoms with Gasteiger partial charge in [0.1, 0.15) is 5.82 Å². The molecule has 1 saturated heterocycles. The number of rotatable bonds is 9. The van der Waals surface area contributed by atoms with E-state index in [2.05, 4.69) is 45.4 Å². The molecular formula is C21H37IN6O. The lowest BCUT2D eigenvalue weighted by Crippen LogP contribution is -2.43. The molecule has 8 heteroatoms. The molecule has 1 aromatic heterocycles. The normalized spacial score (nSPS) is 18.0. The molecule has 29 heavy (non-hydrogen) atoms. The van der Waals surface area contributed by atoms with E-state index >= 15 is 0 Å². The predicted molar refractivity (Wildman–Crippen MR) is 131 cm³/mol. The van der Waals surface area contributed by atoms with Gasteiger partial charge in [0.15, 0.2) is 5.96 Å². The number of aliphatic imine (C=N–C) groups is 1. The van der Waals surface area contributed by atoms with E-state index < -0.39 is 0 Å². The summed E-state index contributed by atoms with van der Waals surface area (Å²) in [6.07, 6.45) is 8.47. The Bertz CT molecular complexity index is 654. The summed E-state index contributed by atoms with van der Waals surface area (Å²) < 4.78 is 0. The summed E-state index contributed by atoms with van der Waals surface area (Å²) in [6.45, 7) is 6.58. The molecule has 0 bridgehead atoms. The van der Waals surface area contributed by atoms with Gasteiger partial charge >= 0.3 is 0 Å². The second-order valence-electron chi connectivity index (χ2n) is 7.64. The molecular weight excluding hydrogens is 479 g/mol. The average molecular weight is 516 g/mol. The van der Waals surface area contributed by atoms with Gasteiger partial charge in [-0.2, -0.15) is 0 Å². The van der Waals surface area contributed by atoms with Crippen molar-refractivity contribution in [3.8, 4) is 0 Å². The molecule has 0 saturated carbocycles. The first-order chi connectivity index (χ1) is 13.5. The number of piperidine rings is 1. The average Bonchev–Trinajstić information content (AvgIpc) is 2.71. The van der Waals surface area contributed by atoms with Crippen molar-refractivity contribution in [2.45, 2.75) is 65.0 Å². The number of aromatic nitrogens is 1. The highest BCUT2D eigenvalue weighted by Crippen LogP contribution is 2.24. The Morgan fingerprint density at radius 1 is 1.45 bits per heavy atom. The molecule has 164 valence electrons. The molecule has 2 heterocycles. The Hall–Kier alpha value is -1.58. The van der Waals surface area contributed by atoms with Crippen molar-refractivity contribution in [2.24, 2.45) is 16.6 Å². The number of pyridine rings is 1. The van der Waals surface area contributed by atoms with E-state index in [-0.39, 0.29) is 35.8 Å². The number of nitrogens with one attached hydrogen (secondary N) is 2. The SMILES string of the molecule is CCCCCC(C)NC(=NC)NCc1cccnc1N1CCCC(C(N)=O)C1.I. The molecule has 0 aliphatic carbocycles. The lowest BCUT2D eigenvalue weighted by atomic mass is 9.97. The summed E-state index contributed by atoms with van der Waals surface area (Å²) in [5, 5.41) is 6.86. The van der Waals surface area contributed by atoms with Gasteiger partial charge in [-0.3, -0.25) is 9.79 Å². The molecule has 2 unspecified atom stereocenters. The van der Waals surface area contributed by atoms with Crippen molar-refractivity contribution in [1.82, 2.24) is 15.6 Å². The molecule has 1 aliphatic rings. The second-order valence-corrected chi connectivity index (χ2v) is 7.64. The number of nitrogens with zero attached hydrogens (tertiary/aromatic N) is 3. The van der Waals surface area contributed by atoms with E-state index in [4.69, 9.17) is 5.73 Å². The van der Waals surface area contributed by atoms with E-state index in [1.807, 2.05) is 6.07 Å². The van der Waals surface area contributed by atoms with Crippen molar-refractivity contribution in [2.75, 3.05) is 25.0 Å². The van der Waals surface area contributed by atoms with Gasteiger partial charge in [0.25, 0.3) is 0 Å². The summed E-state index contributed by atoms with van der Waals surface area (Å²) in [5.41, 5.74) is 6.62. The summed E-state index contributed by atoms with van der Waals surface area (Å²) in [7, 11) is 1.79. The Morgan fingerprint density at radius 2 is 2.24 bits per heavy atom. The molecule has 7 nitrogen and oxygen atoms in total. The zero-order chi connectivity index (χ0) is 20.4. The number of carbonyl (C=O) groups is 1. The van der Waals surface area contributed by atoms with Crippen molar-refractivity contribution < 1.29 is 4.79 Å². The third kappa shape index (κ3) is 8.36. The maximum absolute atomic E-state index is 11.6. The summed E-state index contributed by atoms with van der Waals surface area (Å²) in [5.74, 6) is 1.40. The highest BCUT2D eigenvalue weighted by Gasteiger charge is 2.26. The number of halogens is 1. The summed E-state index contributed by atoms with van der Waals surface area (Å²) >= 11 is 0. The molecule has 4 N–H and O–H groups in total. The first-order valence-electron chi connectivity index (χ1n) is 10.5. The fraction of sp³-hybridized carbons (Fsp3) is 0.667. The Labute approximate surface area is 192 Å². The van der Waals surface area contributed by atoms with Crippen LogP contribution in [0.4, 0.5) is 5.82 Å². The van der Waals surface area contributed by atoms with Gasteiger partial charge in [0, 0.05) is 44.5 Å². The largest absolute Gasteiger partial charge is 0.369 e. The monoisotopic (exact) mass is 516 g/mol. The van der Waals surface area contributed by atoms with Crippen LogP contribution in [-0.2, 0) is 11.3 Å². The van der Waals surface area contributed by atoms with Crippen LogP contribution in [0.15, 0.2) is 23.3 Å². The van der Waals surface area contributed by atoms with Crippen molar-refractivity contribution >= 4 is 41.7 Å². The topological polar surface area (TPSA) is 95.6 Å². The Balaban J connectivity index is 0.00000420. The van der Waals surface area contributed by atoms with Gasteiger partial charge in [-0.05, 0) is 32.3 Å². The summed E-state index contributed by atoms with van der Waals surface area (Å²) in [4.78, 5) is 22.7. The van der Waals surface area contributed by atoms with Gasteiger partial charge in [-0.15, -0.1) is 24.0 Å². The standard InChI is InChI=1S/C21H36N6O.HI/c1-4-5-6-9-16(2)26-21(23-3)25-14-17-10-7-12-24-20(17)27-13-8-11-18(15-27)19(22)28;/h7,10,12,16,18H,4-6,8-9,11,13-15H2,1-3H3,(H2,22,28)(H2,23,25,26);1H. The minimum atomic E-state index is -0.220. The number of unbranched alkanes of at least 4 members (excludes halogenated alkanes) is 2. The van der Waals surface area contributed by atoms with Crippen LogP contribution in [0.5, 0.6) is 0 Å². The number of hydrogen-bond acceptors (Lipinski definition) is 4. The van der Waals surface area contributed by atoms with Gasteiger partial charge in [0.2, 0.25) is 5.91 Å². The maximum atomic E-state index is 11.6. The molecule has 0 radical (unpaired) electrons. The Morgan fingerprint density at radius 3 is 2.93 bits per heavy atom. The van der Waals surface area contributed by atoms with Gasteiger partial charge < -0.3 is 21.3 Å². The lowest BCUT2D eigenvalue weighted by molar-refractivity contribution is -0.122. The number of primary amides is 1. The van der Waals surface area contributed by atoms with E-state index in [9.17, 15) is 4.79 Å². The lowest BCUT2D eigenvalue weighted by Gasteiger charge is -2.33. The quantitative estimate of drug-likeness (QED) is 0.203. The minimum Gasteiger partial charge on any atom is -0.369 e. The zero-order valence-electron chi connectivity index (χ0n) is 18.0. The van der Waals surface area contributed by atoms with Crippen molar-refractivity contribution in [1.29, 1.82) is 0 Å². The number of anilines is 1. The van der Waals surface area contributed by atoms with Crippen LogP contribution in [0, 0.1) is 5.92 Å². The highest BCUT2D eigenvalue weighted by molar-refractivity contribution is 14.0. The molecule has 1 aliphatic heterocycles. The zero-order valence-corrected chi connectivity index (χ0v) is 20.3. The molecule has 2 atom stereocenters. The van der Waals surface area contributed by atoms with Crippen LogP contribution in [-0.4, -0.2) is 43.0 Å². The third-order valence-electron chi connectivity index (χ3n) is 5.28. The van der Waals surface area contributed by atoms with E-state index in [0.29, 0.717) is 19.1 Å². The van der Waals surface area contributed by atoms with Crippen molar-refractivity contribution in [3.63, 3.8) is 0 Å². The smallest absolute Gasteiger partial charge is 0.222 e. The van der Waals surface area contributed by atoms with Crippen LogP contribution in [0.2, 0.25) is 0 Å². The fourth-order valence-corrected chi connectivity index (χ4v) is 3.63. The first-order valence-corrected chi connectivity index (χ1v) is 10.5. The fourth-order valence-electron chi connectivity index (χ4n) is 3.63. The second kappa shape index (κ2) is 13.6. The van der Waals surface area contributed by atoms with E-state index in [1.165, 1.54) is 19.3 Å². The van der Waals surface area contributed by atoms with Gasteiger partial charge in [-0.25, -0.2) is 4.98 Å². The molecule has 2 rings (SSSR count). The number of carbonyl (C=O) groups excluding carboxylic acids is 1. The highest BCUT2D eigenvalue weighted by atomic mass is 127. The number of amides is 1. The van der Waals surface area contributed by atoms with Crippen LogP contribution < -0.4 is 21.3 Å². The number of guanidine groups is 1. The molecule has 1 fully saturated rings. The predicted octanol–water partition coefficient (Wildman–Crippen LogP) is 3.04. The number of nitrogens with two attached hydrogens (primary N) is 1. The Kier molecular flexibility index (Phi) is 11.9. The third-order valence-corrected chi connectivity index (χ3v) is 5.28. The molecule has 1 aromatic rings. The molecule has 0 spiro atoms. The van der Waals surface area contributed by atoms with E-state index in [0.717, 1.165) is 43.1 Å². The molecule has 0 aromatic carbocycles. The summed E-state index contributed by atoms with van der Waals surface area (Å²) in [6, 6.07) is 4.39. The van der Waals surface area contributed by atoms with Crippen LogP contribution in [0.25, 0.3) is 0 Å². The van der Waals surface area contributed by atoms with Crippen LogP contribution >= 0.6 is 24.0 Å². The minimum absolute atomic E-state index is 0. The van der Waals surface area contributed by atoms with Gasteiger partial charge in [0.05, 0.1) is 5.92 Å². The van der Waals surface area contributed by atoms with E-state index in [1.54, 1.807) is 13.2 Å².